The van der Waals surface area contributed by atoms with Crippen LogP contribution in [0.2, 0.25) is 0 Å². The molecule has 4 N–H and O–H groups in total. The molecule has 0 unspecified atom stereocenters. The molecule has 0 bridgehead atoms. The van der Waals surface area contributed by atoms with E-state index in [2.05, 4.69) is 15.4 Å². The lowest BCUT2D eigenvalue weighted by Crippen LogP contribution is -2.54. The molecule has 1 aliphatic heterocycles. The van der Waals surface area contributed by atoms with Gasteiger partial charge in [-0.3, -0.25) is 19.2 Å². The maximum absolute atomic E-state index is 12.9. The molecule has 1 heterocycles. The van der Waals surface area contributed by atoms with Crippen LogP contribution >= 0.6 is 0 Å². The molecule has 1 aromatic carbocycles. The number of rotatable bonds is 7. The average Bonchev–Trinajstić information content (AvgIpc) is 2.66. The van der Waals surface area contributed by atoms with Crippen molar-refractivity contribution in [3.63, 3.8) is 0 Å². The first-order chi connectivity index (χ1) is 14.4. The zero-order chi connectivity index (χ0) is 23.3. The number of carbonyl (C=O) groups excluding carboxylic acids is 4. The number of halogens is 2. The van der Waals surface area contributed by atoms with Gasteiger partial charge in [0.25, 0.3) is 11.8 Å². The highest BCUT2D eigenvalue weighted by atomic mass is 19.3. The lowest BCUT2D eigenvalue weighted by atomic mass is 9.95. The van der Waals surface area contributed by atoms with Gasteiger partial charge in [0, 0.05) is 23.7 Å². The van der Waals surface area contributed by atoms with Gasteiger partial charge in [-0.2, -0.15) is 8.78 Å². The van der Waals surface area contributed by atoms with Gasteiger partial charge in [0.1, 0.15) is 6.61 Å². The minimum atomic E-state index is -3.22. The summed E-state index contributed by atoms with van der Waals surface area (Å²) >= 11 is 0. The normalized spacial score (nSPS) is 15.4. The van der Waals surface area contributed by atoms with E-state index in [1.54, 1.807) is 20.8 Å². The van der Waals surface area contributed by atoms with Crippen LogP contribution in [-0.2, 0) is 23.9 Å². The Labute approximate surface area is 177 Å². The summed E-state index contributed by atoms with van der Waals surface area (Å²) in [6.07, 6.45) is 0. The van der Waals surface area contributed by atoms with Crippen LogP contribution in [0.15, 0.2) is 18.2 Å². The van der Waals surface area contributed by atoms with Crippen molar-refractivity contribution < 1.29 is 37.4 Å². The average molecular weight is 442 g/mol. The second-order valence-corrected chi connectivity index (χ2v) is 7.71. The third kappa shape index (κ3) is 6.35. The fourth-order valence-electron chi connectivity index (χ4n) is 2.59. The number of morpholine rings is 1. The zero-order valence-corrected chi connectivity index (χ0v) is 17.2. The third-order valence-corrected chi connectivity index (χ3v) is 4.24. The van der Waals surface area contributed by atoms with Crippen LogP contribution in [0, 0.1) is 5.41 Å². The van der Waals surface area contributed by atoms with Crippen molar-refractivity contribution in [3.8, 4) is 5.75 Å². The molecule has 1 saturated heterocycles. The molecule has 10 nitrogen and oxygen atoms in total. The van der Waals surface area contributed by atoms with E-state index in [-0.39, 0.29) is 37.0 Å². The van der Waals surface area contributed by atoms with Gasteiger partial charge in [0.2, 0.25) is 11.8 Å². The molecule has 170 valence electrons. The van der Waals surface area contributed by atoms with Crippen LogP contribution in [0.25, 0.3) is 0 Å². The Morgan fingerprint density at radius 1 is 1.26 bits per heavy atom. The van der Waals surface area contributed by atoms with Crippen LogP contribution in [0.1, 0.15) is 20.8 Å². The molecule has 31 heavy (non-hydrogen) atoms. The van der Waals surface area contributed by atoms with Crippen molar-refractivity contribution in [1.82, 2.24) is 5.32 Å². The molecule has 0 radical (unpaired) electrons. The van der Waals surface area contributed by atoms with Gasteiger partial charge < -0.3 is 30.7 Å². The van der Waals surface area contributed by atoms with E-state index in [4.69, 9.17) is 10.5 Å². The quantitative estimate of drug-likeness (QED) is 0.529. The molecule has 0 aromatic heterocycles. The number of nitrogens with two attached hydrogens (primary N) is 1. The minimum Gasteiger partial charge on any atom is -0.433 e. The first-order valence-corrected chi connectivity index (χ1v) is 9.28. The summed E-state index contributed by atoms with van der Waals surface area (Å²) in [6, 6.07) is 2.05. The largest absolute Gasteiger partial charge is 0.433 e. The van der Waals surface area contributed by atoms with Crippen molar-refractivity contribution in [1.29, 1.82) is 0 Å². The van der Waals surface area contributed by atoms with Gasteiger partial charge in [0.05, 0.1) is 12.3 Å². The SMILES string of the molecule is CC(C)(C)C(=O)N[C@H](C(N)=O)C(=O)Nc1ccc(N2CCOCC2=O)cc1OC(F)F. The highest BCUT2D eigenvalue weighted by molar-refractivity contribution is 6.12. The second-order valence-electron chi connectivity index (χ2n) is 7.71. The zero-order valence-electron chi connectivity index (χ0n) is 17.2. The molecule has 2 rings (SSSR count). The Balaban J connectivity index is 2.28. The smallest absolute Gasteiger partial charge is 0.387 e. The summed E-state index contributed by atoms with van der Waals surface area (Å²) in [6.45, 7) is 1.80. The minimum absolute atomic E-state index is 0.155. The van der Waals surface area contributed by atoms with E-state index in [1.165, 1.54) is 17.0 Å². The van der Waals surface area contributed by atoms with E-state index >= 15 is 0 Å². The van der Waals surface area contributed by atoms with Gasteiger partial charge in [-0.15, -0.1) is 0 Å². The molecule has 1 aromatic rings. The van der Waals surface area contributed by atoms with Gasteiger partial charge in [-0.25, -0.2) is 0 Å². The summed E-state index contributed by atoms with van der Waals surface area (Å²) in [5.74, 6) is -3.60. The molecule has 1 atom stereocenters. The lowest BCUT2D eigenvalue weighted by molar-refractivity contribution is -0.136. The Hall–Kier alpha value is -3.28. The van der Waals surface area contributed by atoms with Crippen LogP contribution in [0.4, 0.5) is 20.2 Å². The number of nitrogens with zero attached hydrogens (tertiary/aromatic N) is 1. The number of amides is 4. The molecular formula is C19H24F2N4O6. The molecule has 4 amide bonds. The number of ether oxygens (including phenoxy) is 2. The van der Waals surface area contributed by atoms with Crippen molar-refractivity contribution >= 4 is 35.0 Å². The van der Waals surface area contributed by atoms with Crippen LogP contribution in [0.3, 0.4) is 0 Å². The van der Waals surface area contributed by atoms with E-state index in [1.807, 2.05) is 0 Å². The number of alkyl halides is 2. The second kappa shape index (κ2) is 9.69. The van der Waals surface area contributed by atoms with E-state index in [0.29, 0.717) is 0 Å². The van der Waals surface area contributed by atoms with Gasteiger partial charge in [-0.05, 0) is 12.1 Å². The molecule has 0 spiro atoms. The number of nitrogens with one attached hydrogen (secondary N) is 2. The number of benzene rings is 1. The maximum Gasteiger partial charge on any atom is 0.387 e. The Morgan fingerprint density at radius 3 is 2.48 bits per heavy atom. The third-order valence-electron chi connectivity index (χ3n) is 4.24. The van der Waals surface area contributed by atoms with Crippen molar-refractivity contribution in [2.24, 2.45) is 11.1 Å². The Kier molecular flexibility index (Phi) is 7.50. The predicted molar refractivity (Wildman–Crippen MR) is 105 cm³/mol. The van der Waals surface area contributed by atoms with Gasteiger partial charge >= 0.3 is 6.61 Å². The predicted octanol–water partition coefficient (Wildman–Crippen LogP) is 0.606. The lowest BCUT2D eigenvalue weighted by Gasteiger charge is -2.27. The van der Waals surface area contributed by atoms with Crippen molar-refractivity contribution in [2.45, 2.75) is 33.4 Å². The molecule has 1 aliphatic rings. The van der Waals surface area contributed by atoms with E-state index in [9.17, 15) is 28.0 Å². The standard InChI is InChI=1S/C19H24F2N4O6/c1-19(2,3)17(29)24-14(15(22)27)16(28)23-11-5-4-10(8-12(11)31-18(20)21)25-6-7-30-9-13(25)26/h4-5,8,14,18H,6-7,9H2,1-3H3,(H2,22,27)(H,23,28)(H,24,29)/t14-/m1/s1. The molecule has 12 heteroatoms. The number of primary amides is 1. The Morgan fingerprint density at radius 2 is 1.94 bits per heavy atom. The number of hydrogen-bond acceptors (Lipinski definition) is 6. The highest BCUT2D eigenvalue weighted by Crippen LogP contribution is 2.32. The topological polar surface area (TPSA) is 140 Å². The summed E-state index contributed by atoms with van der Waals surface area (Å²) in [5, 5.41) is 4.48. The summed E-state index contributed by atoms with van der Waals surface area (Å²) in [5.41, 5.74) is 4.36. The number of anilines is 2. The van der Waals surface area contributed by atoms with Crippen molar-refractivity contribution in [2.75, 3.05) is 30.0 Å². The van der Waals surface area contributed by atoms with Gasteiger partial charge in [-0.1, -0.05) is 20.8 Å². The van der Waals surface area contributed by atoms with E-state index < -0.39 is 41.5 Å². The highest BCUT2D eigenvalue weighted by Gasteiger charge is 2.32. The van der Waals surface area contributed by atoms with Crippen LogP contribution in [-0.4, -0.2) is 56.0 Å². The summed E-state index contributed by atoms with van der Waals surface area (Å²) in [7, 11) is 0. The first-order valence-electron chi connectivity index (χ1n) is 9.28. The van der Waals surface area contributed by atoms with Gasteiger partial charge in [0.15, 0.2) is 11.8 Å². The molecule has 1 fully saturated rings. The monoisotopic (exact) mass is 442 g/mol. The Bertz CT molecular complexity index is 871. The van der Waals surface area contributed by atoms with E-state index in [0.717, 1.165) is 6.07 Å². The van der Waals surface area contributed by atoms with Crippen LogP contribution in [0.5, 0.6) is 5.75 Å². The summed E-state index contributed by atoms with van der Waals surface area (Å²) in [4.78, 5) is 49.7. The number of hydrogen-bond donors (Lipinski definition) is 3. The molecule has 0 aliphatic carbocycles. The fourth-order valence-corrected chi connectivity index (χ4v) is 2.59. The molecule has 0 saturated carbocycles. The fraction of sp³-hybridized carbons (Fsp3) is 0.474. The summed E-state index contributed by atoms with van der Waals surface area (Å²) < 4.78 is 35.3. The first kappa shape index (κ1) is 24.0. The maximum atomic E-state index is 12.9. The number of carbonyl (C=O) groups is 4. The molecular weight excluding hydrogens is 418 g/mol. The van der Waals surface area contributed by atoms with Crippen LogP contribution < -0.4 is 26.0 Å². The van der Waals surface area contributed by atoms with Crippen molar-refractivity contribution in [3.05, 3.63) is 18.2 Å².